The molecule has 0 saturated carbocycles. The average Bonchev–Trinajstić information content (AvgIpc) is 2.53. The Balaban J connectivity index is 2.29. The fourth-order valence-electron chi connectivity index (χ4n) is 2.13. The van der Waals surface area contributed by atoms with Crippen molar-refractivity contribution in [1.29, 1.82) is 0 Å². The summed E-state index contributed by atoms with van der Waals surface area (Å²) in [5.41, 5.74) is 1.15. The SMILES string of the molecule is COC(=O)c1ccc(Cl)c(NC(=O)c2cc(C)nc(NC(C)(C)C)n2)c1. The Bertz CT molecular complexity index is 847. The van der Waals surface area contributed by atoms with Crippen molar-refractivity contribution in [2.45, 2.75) is 33.2 Å². The van der Waals surface area contributed by atoms with Gasteiger partial charge >= 0.3 is 5.97 Å². The molecule has 1 aromatic heterocycles. The Labute approximate surface area is 157 Å². The predicted octanol–water partition coefficient (Wildman–Crippen LogP) is 3.69. The lowest BCUT2D eigenvalue weighted by atomic mass is 10.1. The van der Waals surface area contributed by atoms with E-state index in [2.05, 4.69) is 25.3 Å². The van der Waals surface area contributed by atoms with Crippen LogP contribution in [0.2, 0.25) is 5.02 Å². The van der Waals surface area contributed by atoms with Crippen molar-refractivity contribution in [3.63, 3.8) is 0 Å². The van der Waals surface area contributed by atoms with Gasteiger partial charge in [-0.05, 0) is 52.0 Å². The van der Waals surface area contributed by atoms with Gasteiger partial charge in [0.2, 0.25) is 5.95 Å². The van der Waals surface area contributed by atoms with Crippen molar-refractivity contribution in [3.8, 4) is 0 Å². The summed E-state index contributed by atoms with van der Waals surface area (Å²) in [4.78, 5) is 32.8. The maximum absolute atomic E-state index is 12.6. The number of ether oxygens (including phenoxy) is 1. The molecule has 0 aliphatic carbocycles. The molecule has 0 saturated heterocycles. The quantitative estimate of drug-likeness (QED) is 0.790. The van der Waals surface area contributed by atoms with Gasteiger partial charge in [0.1, 0.15) is 5.69 Å². The fraction of sp³-hybridized carbons (Fsp3) is 0.333. The minimum absolute atomic E-state index is 0.184. The number of carbonyl (C=O) groups is 2. The molecule has 0 aliphatic heterocycles. The third kappa shape index (κ3) is 5.16. The third-order valence-corrected chi connectivity index (χ3v) is 3.54. The molecule has 0 unspecified atom stereocenters. The molecular weight excluding hydrogens is 356 g/mol. The van der Waals surface area contributed by atoms with Gasteiger partial charge in [0.15, 0.2) is 0 Å². The Morgan fingerprint density at radius 1 is 1.15 bits per heavy atom. The van der Waals surface area contributed by atoms with E-state index in [0.29, 0.717) is 22.4 Å². The zero-order valence-corrected chi connectivity index (χ0v) is 16.1. The largest absolute Gasteiger partial charge is 0.465 e. The maximum atomic E-state index is 12.6. The van der Waals surface area contributed by atoms with Crippen LogP contribution >= 0.6 is 11.6 Å². The molecule has 0 bridgehead atoms. The highest BCUT2D eigenvalue weighted by molar-refractivity contribution is 6.34. The zero-order valence-electron chi connectivity index (χ0n) is 15.3. The molecule has 0 radical (unpaired) electrons. The summed E-state index contributed by atoms with van der Waals surface area (Å²) in [7, 11) is 1.28. The number of nitrogens with one attached hydrogen (secondary N) is 2. The van der Waals surface area contributed by atoms with Crippen molar-refractivity contribution in [1.82, 2.24) is 9.97 Å². The molecule has 0 fully saturated rings. The van der Waals surface area contributed by atoms with Gasteiger partial charge in [0.05, 0.1) is 23.4 Å². The van der Waals surface area contributed by atoms with Crippen LogP contribution in [-0.4, -0.2) is 34.5 Å². The van der Waals surface area contributed by atoms with E-state index in [9.17, 15) is 9.59 Å². The zero-order chi connectivity index (χ0) is 19.5. The average molecular weight is 377 g/mol. The van der Waals surface area contributed by atoms with Gasteiger partial charge in [-0.3, -0.25) is 4.79 Å². The van der Waals surface area contributed by atoms with Crippen molar-refractivity contribution in [2.24, 2.45) is 0 Å². The molecule has 1 amide bonds. The number of aromatic nitrogens is 2. The smallest absolute Gasteiger partial charge is 0.337 e. The second-order valence-electron chi connectivity index (χ2n) is 6.73. The van der Waals surface area contributed by atoms with Crippen LogP contribution in [0.5, 0.6) is 0 Å². The Morgan fingerprint density at radius 2 is 1.85 bits per heavy atom. The molecule has 8 heteroatoms. The van der Waals surface area contributed by atoms with E-state index in [1.807, 2.05) is 20.8 Å². The van der Waals surface area contributed by atoms with Crippen LogP contribution in [0.3, 0.4) is 0 Å². The summed E-state index contributed by atoms with van der Waals surface area (Å²) < 4.78 is 4.67. The number of amides is 1. The maximum Gasteiger partial charge on any atom is 0.337 e. The lowest BCUT2D eigenvalue weighted by Gasteiger charge is -2.21. The van der Waals surface area contributed by atoms with Crippen molar-refractivity contribution in [3.05, 3.63) is 46.2 Å². The van der Waals surface area contributed by atoms with Crippen LogP contribution < -0.4 is 10.6 Å². The van der Waals surface area contributed by atoms with Gasteiger partial charge in [-0.25, -0.2) is 14.8 Å². The molecule has 1 aromatic carbocycles. The van der Waals surface area contributed by atoms with E-state index >= 15 is 0 Å². The first kappa shape index (κ1) is 19.7. The van der Waals surface area contributed by atoms with Crippen LogP contribution in [0, 0.1) is 6.92 Å². The minimum atomic E-state index is -0.522. The number of anilines is 2. The summed E-state index contributed by atoms with van der Waals surface area (Å²) >= 11 is 6.11. The summed E-state index contributed by atoms with van der Waals surface area (Å²) in [6.45, 7) is 7.68. The first-order valence-corrected chi connectivity index (χ1v) is 8.30. The Morgan fingerprint density at radius 3 is 2.46 bits per heavy atom. The van der Waals surface area contributed by atoms with Crippen molar-refractivity contribution in [2.75, 3.05) is 17.7 Å². The standard InChI is InChI=1S/C18H21ClN4O3/c1-10-8-14(22-17(20-10)23-18(2,3)4)15(24)21-13-9-11(16(25)26-5)6-7-12(13)19/h6-9H,1-5H3,(H,21,24)(H,20,22,23). The number of hydrogen-bond donors (Lipinski definition) is 2. The van der Waals surface area contributed by atoms with Gasteiger partial charge in [0.25, 0.3) is 5.91 Å². The fourth-order valence-corrected chi connectivity index (χ4v) is 2.29. The highest BCUT2D eigenvalue weighted by Crippen LogP contribution is 2.24. The molecule has 138 valence electrons. The van der Waals surface area contributed by atoms with Gasteiger partial charge in [-0.1, -0.05) is 11.6 Å². The van der Waals surface area contributed by atoms with E-state index in [1.54, 1.807) is 13.0 Å². The number of carbonyl (C=O) groups excluding carboxylic acids is 2. The van der Waals surface area contributed by atoms with Crippen LogP contribution in [-0.2, 0) is 4.74 Å². The minimum Gasteiger partial charge on any atom is -0.465 e. The van der Waals surface area contributed by atoms with Crippen molar-refractivity contribution < 1.29 is 14.3 Å². The summed E-state index contributed by atoms with van der Waals surface area (Å²) in [5, 5.41) is 6.10. The second kappa shape index (κ2) is 7.70. The molecule has 1 heterocycles. The molecule has 7 nitrogen and oxygen atoms in total. The predicted molar refractivity (Wildman–Crippen MR) is 101 cm³/mol. The van der Waals surface area contributed by atoms with E-state index in [4.69, 9.17) is 11.6 Å². The normalized spacial score (nSPS) is 11.0. The molecule has 0 aliphatic rings. The number of methoxy groups -OCH3 is 1. The molecule has 0 atom stereocenters. The topological polar surface area (TPSA) is 93.2 Å². The number of nitrogens with zero attached hydrogens (tertiary/aromatic N) is 2. The van der Waals surface area contributed by atoms with E-state index in [1.165, 1.54) is 25.3 Å². The highest BCUT2D eigenvalue weighted by atomic mass is 35.5. The molecule has 0 spiro atoms. The molecule has 2 rings (SSSR count). The molecular formula is C18H21ClN4O3. The summed E-state index contributed by atoms with van der Waals surface area (Å²) in [5.74, 6) is -0.625. The number of aryl methyl sites for hydroxylation is 1. The molecule has 2 N–H and O–H groups in total. The van der Waals surface area contributed by atoms with E-state index in [0.717, 1.165) is 0 Å². The number of rotatable bonds is 4. The van der Waals surface area contributed by atoms with Crippen LogP contribution in [0.4, 0.5) is 11.6 Å². The van der Waals surface area contributed by atoms with Crippen molar-refractivity contribution >= 4 is 35.1 Å². The number of halogens is 1. The lowest BCUT2D eigenvalue weighted by molar-refractivity contribution is 0.0600. The summed E-state index contributed by atoms with van der Waals surface area (Å²) in [6.07, 6.45) is 0. The third-order valence-electron chi connectivity index (χ3n) is 3.21. The van der Waals surface area contributed by atoms with Gasteiger partial charge in [-0.15, -0.1) is 0 Å². The highest BCUT2D eigenvalue weighted by Gasteiger charge is 2.17. The van der Waals surface area contributed by atoms with Crippen LogP contribution in [0.15, 0.2) is 24.3 Å². The number of hydrogen-bond acceptors (Lipinski definition) is 6. The van der Waals surface area contributed by atoms with E-state index in [-0.39, 0.29) is 16.8 Å². The molecule has 2 aromatic rings. The Hall–Kier alpha value is -2.67. The van der Waals surface area contributed by atoms with Gasteiger partial charge in [-0.2, -0.15) is 0 Å². The Kier molecular flexibility index (Phi) is 5.82. The number of benzene rings is 1. The van der Waals surface area contributed by atoms with Gasteiger partial charge < -0.3 is 15.4 Å². The number of esters is 1. The monoisotopic (exact) mass is 376 g/mol. The van der Waals surface area contributed by atoms with Gasteiger partial charge in [0, 0.05) is 11.2 Å². The molecule has 26 heavy (non-hydrogen) atoms. The first-order chi connectivity index (χ1) is 12.1. The van der Waals surface area contributed by atoms with E-state index < -0.39 is 11.9 Å². The van der Waals surface area contributed by atoms with Crippen LogP contribution in [0.1, 0.15) is 47.3 Å². The summed E-state index contributed by atoms with van der Waals surface area (Å²) in [6, 6.07) is 6.06. The lowest BCUT2D eigenvalue weighted by Crippen LogP contribution is -2.28. The second-order valence-corrected chi connectivity index (χ2v) is 7.14. The van der Waals surface area contributed by atoms with Crippen LogP contribution in [0.25, 0.3) is 0 Å². The first-order valence-electron chi connectivity index (χ1n) is 7.92.